The number of carboxylic acids is 1. The van der Waals surface area contributed by atoms with Gasteiger partial charge < -0.3 is 9.84 Å². The molecule has 0 aliphatic carbocycles. The number of aromatic nitrogens is 1. The van der Waals surface area contributed by atoms with Crippen molar-refractivity contribution in [3.8, 4) is 17.0 Å². The third kappa shape index (κ3) is 3.45. The van der Waals surface area contributed by atoms with Crippen LogP contribution in [-0.4, -0.2) is 28.9 Å². The molecule has 19 heavy (non-hydrogen) atoms. The Hall–Kier alpha value is -1.60. The van der Waals surface area contributed by atoms with E-state index >= 15 is 0 Å². The highest BCUT2D eigenvalue weighted by molar-refractivity contribution is 8.01. The van der Waals surface area contributed by atoms with Crippen LogP contribution in [0.1, 0.15) is 0 Å². The second kappa shape index (κ2) is 6.03. The standard InChI is InChI=1S/C12H10FNO3S2/c1-17-10-3-2-7(4-8(10)13)9-5-18-12(14-9)19-6-11(15)16/h2-5H,6H2,1H3,(H,15,16). The average Bonchev–Trinajstić information content (AvgIpc) is 2.85. The fourth-order valence-electron chi connectivity index (χ4n) is 1.41. The van der Waals surface area contributed by atoms with Crippen molar-refractivity contribution in [3.63, 3.8) is 0 Å². The lowest BCUT2D eigenvalue weighted by Crippen LogP contribution is -1.97. The van der Waals surface area contributed by atoms with Gasteiger partial charge in [-0.2, -0.15) is 0 Å². The normalized spacial score (nSPS) is 10.4. The first kappa shape index (κ1) is 13.8. The Morgan fingerprint density at radius 1 is 1.58 bits per heavy atom. The monoisotopic (exact) mass is 299 g/mol. The third-order valence-corrected chi connectivity index (χ3v) is 4.26. The molecular formula is C12H10FNO3S2. The molecule has 1 aromatic heterocycles. The summed E-state index contributed by atoms with van der Waals surface area (Å²) in [4.78, 5) is 14.7. The van der Waals surface area contributed by atoms with Crippen molar-refractivity contribution in [2.75, 3.05) is 12.9 Å². The van der Waals surface area contributed by atoms with E-state index in [1.54, 1.807) is 11.4 Å². The molecule has 0 fully saturated rings. The van der Waals surface area contributed by atoms with E-state index in [4.69, 9.17) is 9.84 Å². The van der Waals surface area contributed by atoms with Gasteiger partial charge in [0.05, 0.1) is 18.6 Å². The van der Waals surface area contributed by atoms with Crippen molar-refractivity contribution >= 4 is 29.1 Å². The number of ether oxygens (including phenoxy) is 1. The Morgan fingerprint density at radius 3 is 3.00 bits per heavy atom. The van der Waals surface area contributed by atoms with Gasteiger partial charge in [0.25, 0.3) is 0 Å². The summed E-state index contributed by atoms with van der Waals surface area (Å²) in [7, 11) is 1.40. The molecule has 0 saturated carbocycles. The number of rotatable bonds is 5. The van der Waals surface area contributed by atoms with Crippen molar-refractivity contribution in [1.29, 1.82) is 0 Å². The summed E-state index contributed by atoms with van der Waals surface area (Å²) < 4.78 is 19.1. The molecule has 7 heteroatoms. The number of carboxylic acid groups (broad SMARTS) is 1. The number of methoxy groups -OCH3 is 1. The number of aliphatic carboxylic acids is 1. The summed E-state index contributed by atoms with van der Waals surface area (Å²) in [6, 6.07) is 4.59. The molecule has 0 spiro atoms. The van der Waals surface area contributed by atoms with E-state index in [9.17, 15) is 9.18 Å². The van der Waals surface area contributed by atoms with E-state index in [2.05, 4.69) is 4.98 Å². The van der Waals surface area contributed by atoms with Crippen molar-refractivity contribution in [2.24, 2.45) is 0 Å². The van der Waals surface area contributed by atoms with Crippen LogP contribution >= 0.6 is 23.1 Å². The molecule has 1 aromatic carbocycles. The van der Waals surface area contributed by atoms with Crippen LogP contribution in [0, 0.1) is 5.82 Å². The molecule has 2 rings (SSSR count). The number of thiazole rings is 1. The first-order valence-electron chi connectivity index (χ1n) is 5.24. The lowest BCUT2D eigenvalue weighted by Gasteiger charge is -2.02. The minimum Gasteiger partial charge on any atom is -0.494 e. The Balaban J connectivity index is 2.18. The van der Waals surface area contributed by atoms with E-state index in [1.807, 2.05) is 0 Å². The number of thioether (sulfide) groups is 1. The molecular weight excluding hydrogens is 289 g/mol. The highest BCUT2D eigenvalue weighted by atomic mass is 32.2. The predicted octanol–water partition coefficient (Wildman–Crippen LogP) is 3.13. The Morgan fingerprint density at radius 2 is 2.37 bits per heavy atom. The van der Waals surface area contributed by atoms with Gasteiger partial charge in [0.15, 0.2) is 15.9 Å². The number of nitrogens with zero attached hydrogens (tertiary/aromatic N) is 1. The maximum Gasteiger partial charge on any atom is 0.313 e. The quantitative estimate of drug-likeness (QED) is 0.860. The Bertz CT molecular complexity index is 600. The zero-order chi connectivity index (χ0) is 13.8. The van der Waals surface area contributed by atoms with Crippen LogP contribution in [-0.2, 0) is 4.79 Å². The first-order valence-corrected chi connectivity index (χ1v) is 7.10. The largest absolute Gasteiger partial charge is 0.494 e. The van der Waals surface area contributed by atoms with Crippen LogP contribution in [0.2, 0.25) is 0 Å². The van der Waals surface area contributed by atoms with Gasteiger partial charge in [0.1, 0.15) is 0 Å². The number of hydrogen-bond acceptors (Lipinski definition) is 5. The molecule has 100 valence electrons. The van der Waals surface area contributed by atoms with Crippen LogP contribution in [0.4, 0.5) is 4.39 Å². The van der Waals surface area contributed by atoms with Gasteiger partial charge in [-0.25, -0.2) is 9.37 Å². The van der Waals surface area contributed by atoms with Gasteiger partial charge in [0, 0.05) is 10.9 Å². The molecule has 4 nitrogen and oxygen atoms in total. The zero-order valence-electron chi connectivity index (χ0n) is 9.92. The van der Waals surface area contributed by atoms with Gasteiger partial charge in [0.2, 0.25) is 0 Å². The van der Waals surface area contributed by atoms with Crippen LogP contribution in [0.5, 0.6) is 5.75 Å². The maximum absolute atomic E-state index is 13.6. The van der Waals surface area contributed by atoms with E-state index in [0.717, 1.165) is 11.8 Å². The third-order valence-electron chi connectivity index (χ3n) is 2.25. The second-order valence-corrected chi connectivity index (χ2v) is 5.61. The van der Waals surface area contributed by atoms with Crippen LogP contribution in [0.25, 0.3) is 11.3 Å². The highest BCUT2D eigenvalue weighted by Gasteiger charge is 2.09. The molecule has 1 N–H and O–H groups in total. The fourth-order valence-corrected chi connectivity index (χ4v) is 2.96. The second-order valence-electron chi connectivity index (χ2n) is 3.53. The number of benzene rings is 1. The molecule has 0 unspecified atom stereocenters. The summed E-state index contributed by atoms with van der Waals surface area (Å²) in [6.45, 7) is 0. The number of hydrogen-bond donors (Lipinski definition) is 1. The maximum atomic E-state index is 13.6. The molecule has 0 aliphatic heterocycles. The molecule has 2 aromatic rings. The Labute approximate surface area is 117 Å². The van der Waals surface area contributed by atoms with E-state index in [1.165, 1.54) is 30.6 Å². The fraction of sp³-hybridized carbons (Fsp3) is 0.167. The summed E-state index contributed by atoms with van der Waals surface area (Å²) >= 11 is 2.48. The van der Waals surface area contributed by atoms with Crippen molar-refractivity contribution in [1.82, 2.24) is 4.98 Å². The van der Waals surface area contributed by atoms with Crippen molar-refractivity contribution in [3.05, 3.63) is 29.4 Å². The van der Waals surface area contributed by atoms with E-state index in [0.29, 0.717) is 15.6 Å². The molecule has 0 bridgehead atoms. The van der Waals surface area contributed by atoms with Gasteiger partial charge in [-0.15, -0.1) is 11.3 Å². The van der Waals surface area contributed by atoms with Gasteiger partial charge in [-0.05, 0) is 18.2 Å². The molecule has 1 heterocycles. The van der Waals surface area contributed by atoms with Crippen LogP contribution in [0.3, 0.4) is 0 Å². The van der Waals surface area contributed by atoms with Crippen molar-refractivity contribution in [2.45, 2.75) is 4.34 Å². The first-order chi connectivity index (χ1) is 9.10. The van der Waals surface area contributed by atoms with Gasteiger partial charge >= 0.3 is 5.97 Å². The van der Waals surface area contributed by atoms with Crippen LogP contribution < -0.4 is 4.74 Å². The summed E-state index contributed by atoms with van der Waals surface area (Å²) in [5.74, 6) is -1.20. The Kier molecular flexibility index (Phi) is 4.39. The summed E-state index contributed by atoms with van der Waals surface area (Å²) in [5, 5.41) is 10.4. The van der Waals surface area contributed by atoms with Crippen molar-refractivity contribution < 1.29 is 19.0 Å². The molecule has 0 atom stereocenters. The topological polar surface area (TPSA) is 59.4 Å². The molecule has 0 radical (unpaired) electrons. The summed E-state index contributed by atoms with van der Waals surface area (Å²) in [5.41, 5.74) is 1.26. The summed E-state index contributed by atoms with van der Waals surface area (Å²) in [6.07, 6.45) is 0. The predicted molar refractivity (Wildman–Crippen MR) is 72.4 cm³/mol. The molecule has 0 aliphatic rings. The lowest BCUT2D eigenvalue weighted by atomic mass is 10.1. The lowest BCUT2D eigenvalue weighted by molar-refractivity contribution is -0.133. The van der Waals surface area contributed by atoms with E-state index < -0.39 is 11.8 Å². The average molecular weight is 299 g/mol. The highest BCUT2D eigenvalue weighted by Crippen LogP contribution is 2.30. The minimum atomic E-state index is -0.891. The van der Waals surface area contributed by atoms with Crippen LogP contribution in [0.15, 0.2) is 27.9 Å². The zero-order valence-corrected chi connectivity index (χ0v) is 11.6. The SMILES string of the molecule is COc1ccc(-c2csc(SCC(=O)O)n2)cc1F. The van der Waals surface area contributed by atoms with E-state index in [-0.39, 0.29) is 11.5 Å². The number of halogens is 1. The van der Waals surface area contributed by atoms with Gasteiger partial charge in [-0.1, -0.05) is 11.8 Å². The molecule has 0 saturated heterocycles. The minimum absolute atomic E-state index is 0.0378. The smallest absolute Gasteiger partial charge is 0.313 e. The van der Waals surface area contributed by atoms with Gasteiger partial charge in [-0.3, -0.25) is 4.79 Å². The molecule has 0 amide bonds. The number of carbonyl (C=O) groups is 1.